The van der Waals surface area contributed by atoms with Crippen LogP contribution in [0.25, 0.3) is 0 Å². The standard InChI is InChI=1S/C16H23N5O4/c1-3-21-15(17-19(2)16(21)24)11-6-8-20(9-7-11)14(23)5-4-12-10-13(22)18-25-12/h10-11H,3-9H2,1-2H3,(H,18,22). The molecule has 2 aromatic rings. The molecule has 1 amide bonds. The van der Waals surface area contributed by atoms with E-state index in [2.05, 4.69) is 10.3 Å². The molecule has 1 saturated heterocycles. The number of nitrogens with zero attached hydrogens (tertiary/aromatic N) is 4. The minimum atomic E-state index is -0.291. The van der Waals surface area contributed by atoms with Crippen molar-refractivity contribution in [3.05, 3.63) is 38.5 Å². The number of hydrogen-bond donors (Lipinski definition) is 1. The fourth-order valence-corrected chi connectivity index (χ4v) is 3.34. The topological polar surface area (TPSA) is 106 Å². The smallest absolute Gasteiger partial charge is 0.345 e. The molecule has 9 nitrogen and oxygen atoms in total. The van der Waals surface area contributed by atoms with Crippen LogP contribution in [0.5, 0.6) is 0 Å². The second-order valence-corrected chi connectivity index (χ2v) is 6.34. The molecule has 1 N–H and O–H groups in total. The van der Waals surface area contributed by atoms with Crippen LogP contribution in [0.15, 0.2) is 20.2 Å². The highest BCUT2D eigenvalue weighted by Gasteiger charge is 2.27. The van der Waals surface area contributed by atoms with E-state index in [1.807, 2.05) is 11.8 Å². The number of carbonyl (C=O) groups is 1. The molecule has 0 aliphatic carbocycles. The summed E-state index contributed by atoms with van der Waals surface area (Å²) in [5, 5.41) is 6.59. The van der Waals surface area contributed by atoms with Crippen molar-refractivity contribution >= 4 is 5.91 Å². The van der Waals surface area contributed by atoms with Crippen LogP contribution in [0, 0.1) is 0 Å². The van der Waals surface area contributed by atoms with Crippen LogP contribution in [0.3, 0.4) is 0 Å². The molecular formula is C16H23N5O4. The molecule has 0 atom stereocenters. The molecule has 3 heterocycles. The van der Waals surface area contributed by atoms with Crippen LogP contribution in [-0.2, 0) is 24.8 Å². The van der Waals surface area contributed by atoms with Gasteiger partial charge in [0.15, 0.2) is 0 Å². The minimum Gasteiger partial charge on any atom is -0.384 e. The summed E-state index contributed by atoms with van der Waals surface area (Å²) in [5.41, 5.74) is -0.385. The van der Waals surface area contributed by atoms with Gasteiger partial charge in [0, 0.05) is 51.5 Å². The lowest BCUT2D eigenvalue weighted by atomic mass is 9.95. The van der Waals surface area contributed by atoms with Crippen molar-refractivity contribution in [1.82, 2.24) is 24.4 Å². The first-order chi connectivity index (χ1) is 12.0. The number of aromatic nitrogens is 4. The summed E-state index contributed by atoms with van der Waals surface area (Å²) in [6.45, 7) is 3.83. The van der Waals surface area contributed by atoms with Crippen LogP contribution in [0.1, 0.15) is 43.7 Å². The number of hydrogen-bond acceptors (Lipinski definition) is 5. The van der Waals surface area contributed by atoms with Gasteiger partial charge in [0.05, 0.1) is 0 Å². The van der Waals surface area contributed by atoms with Crippen molar-refractivity contribution in [2.24, 2.45) is 7.05 Å². The highest BCUT2D eigenvalue weighted by molar-refractivity contribution is 5.76. The van der Waals surface area contributed by atoms with Crippen LogP contribution in [0.2, 0.25) is 0 Å². The third-order valence-corrected chi connectivity index (χ3v) is 4.73. The fraction of sp³-hybridized carbons (Fsp3) is 0.625. The monoisotopic (exact) mass is 349 g/mol. The van der Waals surface area contributed by atoms with E-state index in [0.29, 0.717) is 38.2 Å². The number of aromatic amines is 1. The molecule has 1 aliphatic heterocycles. The number of aryl methyl sites for hydroxylation is 2. The zero-order valence-corrected chi connectivity index (χ0v) is 14.5. The summed E-state index contributed by atoms with van der Waals surface area (Å²) in [4.78, 5) is 37.2. The van der Waals surface area contributed by atoms with Gasteiger partial charge in [-0.05, 0) is 19.8 Å². The van der Waals surface area contributed by atoms with Gasteiger partial charge in [-0.3, -0.25) is 14.2 Å². The maximum Gasteiger partial charge on any atom is 0.345 e. The molecule has 0 bridgehead atoms. The Morgan fingerprint density at radius 1 is 1.36 bits per heavy atom. The van der Waals surface area contributed by atoms with E-state index in [1.54, 1.807) is 11.6 Å². The largest absolute Gasteiger partial charge is 0.384 e. The van der Waals surface area contributed by atoms with Gasteiger partial charge in [-0.25, -0.2) is 9.48 Å². The van der Waals surface area contributed by atoms with E-state index >= 15 is 0 Å². The van der Waals surface area contributed by atoms with Crippen LogP contribution >= 0.6 is 0 Å². The Bertz CT molecular complexity index is 850. The number of piperidine rings is 1. The van der Waals surface area contributed by atoms with E-state index in [4.69, 9.17) is 4.52 Å². The van der Waals surface area contributed by atoms with Gasteiger partial charge in [0.1, 0.15) is 11.6 Å². The third-order valence-electron chi connectivity index (χ3n) is 4.73. The fourth-order valence-electron chi connectivity index (χ4n) is 3.34. The van der Waals surface area contributed by atoms with Crippen LogP contribution < -0.4 is 11.2 Å². The Morgan fingerprint density at radius 3 is 2.68 bits per heavy atom. The zero-order chi connectivity index (χ0) is 18.0. The summed E-state index contributed by atoms with van der Waals surface area (Å²) in [5.74, 6) is 1.56. The molecule has 1 aliphatic rings. The molecule has 0 spiro atoms. The molecule has 0 aromatic carbocycles. The lowest BCUT2D eigenvalue weighted by Gasteiger charge is -2.31. The third kappa shape index (κ3) is 3.59. The molecule has 0 unspecified atom stereocenters. The van der Waals surface area contributed by atoms with Crippen molar-refractivity contribution in [3.8, 4) is 0 Å². The van der Waals surface area contributed by atoms with Gasteiger partial charge in [0.25, 0.3) is 5.56 Å². The quantitative estimate of drug-likeness (QED) is 0.831. The van der Waals surface area contributed by atoms with Crippen LogP contribution in [-0.4, -0.2) is 43.4 Å². The van der Waals surface area contributed by atoms with E-state index in [0.717, 1.165) is 18.7 Å². The molecule has 2 aromatic heterocycles. The Morgan fingerprint density at radius 2 is 2.08 bits per heavy atom. The molecule has 136 valence electrons. The molecular weight excluding hydrogens is 326 g/mol. The van der Waals surface area contributed by atoms with Crippen molar-refractivity contribution in [1.29, 1.82) is 0 Å². The van der Waals surface area contributed by atoms with Gasteiger partial charge >= 0.3 is 5.69 Å². The molecule has 0 radical (unpaired) electrons. The van der Waals surface area contributed by atoms with Gasteiger partial charge in [-0.15, -0.1) is 0 Å². The number of rotatable bonds is 5. The van der Waals surface area contributed by atoms with Crippen molar-refractivity contribution in [2.45, 2.75) is 45.1 Å². The number of amides is 1. The second kappa shape index (κ2) is 7.12. The summed E-state index contributed by atoms with van der Waals surface area (Å²) in [6, 6.07) is 1.37. The summed E-state index contributed by atoms with van der Waals surface area (Å²) >= 11 is 0. The average molecular weight is 349 g/mol. The average Bonchev–Trinajstić information content (AvgIpc) is 3.16. The van der Waals surface area contributed by atoms with Gasteiger partial charge in [0.2, 0.25) is 5.91 Å². The first-order valence-corrected chi connectivity index (χ1v) is 8.58. The lowest BCUT2D eigenvalue weighted by Crippen LogP contribution is -2.38. The van der Waals surface area contributed by atoms with Gasteiger partial charge in [-0.2, -0.15) is 10.3 Å². The van der Waals surface area contributed by atoms with E-state index in [1.165, 1.54) is 10.7 Å². The summed E-state index contributed by atoms with van der Waals surface area (Å²) < 4.78 is 8.05. The molecule has 3 rings (SSSR count). The number of H-pyrrole nitrogens is 1. The molecule has 25 heavy (non-hydrogen) atoms. The molecule has 1 fully saturated rings. The number of carbonyl (C=O) groups excluding carboxylic acids is 1. The van der Waals surface area contributed by atoms with Gasteiger partial charge < -0.3 is 9.42 Å². The second-order valence-electron chi connectivity index (χ2n) is 6.34. The number of nitrogens with one attached hydrogen (secondary N) is 1. The number of likely N-dealkylation sites (tertiary alicyclic amines) is 1. The Kier molecular flexibility index (Phi) is 4.91. The summed E-state index contributed by atoms with van der Waals surface area (Å²) in [6.07, 6.45) is 2.31. The van der Waals surface area contributed by atoms with Crippen molar-refractivity contribution < 1.29 is 9.32 Å². The maximum atomic E-state index is 12.3. The SMILES string of the molecule is CCn1c(C2CCN(C(=O)CCc3cc(=O)[nH]o3)CC2)nn(C)c1=O. The Hall–Kier alpha value is -2.58. The van der Waals surface area contributed by atoms with Crippen LogP contribution in [0.4, 0.5) is 0 Å². The summed E-state index contributed by atoms with van der Waals surface area (Å²) in [7, 11) is 1.66. The van der Waals surface area contributed by atoms with E-state index < -0.39 is 0 Å². The predicted octanol–water partition coefficient (Wildman–Crippen LogP) is 0.222. The first-order valence-electron chi connectivity index (χ1n) is 8.58. The highest BCUT2D eigenvalue weighted by atomic mass is 16.5. The van der Waals surface area contributed by atoms with E-state index in [9.17, 15) is 14.4 Å². The zero-order valence-electron chi connectivity index (χ0n) is 14.5. The Balaban J connectivity index is 1.56. The van der Waals surface area contributed by atoms with Gasteiger partial charge in [-0.1, -0.05) is 0 Å². The lowest BCUT2D eigenvalue weighted by molar-refractivity contribution is -0.132. The minimum absolute atomic E-state index is 0.0520. The first kappa shape index (κ1) is 17.2. The predicted molar refractivity (Wildman–Crippen MR) is 89.3 cm³/mol. The normalized spacial score (nSPS) is 15.7. The molecule has 9 heteroatoms. The maximum absolute atomic E-state index is 12.3. The Labute approximate surface area is 144 Å². The highest BCUT2D eigenvalue weighted by Crippen LogP contribution is 2.26. The van der Waals surface area contributed by atoms with Crippen molar-refractivity contribution in [3.63, 3.8) is 0 Å². The van der Waals surface area contributed by atoms with Crippen molar-refractivity contribution in [2.75, 3.05) is 13.1 Å². The molecule has 0 saturated carbocycles. The van der Waals surface area contributed by atoms with E-state index in [-0.39, 0.29) is 23.1 Å².